The van der Waals surface area contributed by atoms with E-state index in [-0.39, 0.29) is 0 Å². The Hall–Kier alpha value is -1.85. The zero-order chi connectivity index (χ0) is 7.68. The van der Waals surface area contributed by atoms with Crippen LogP contribution in [0.4, 0.5) is 0 Å². The van der Waals surface area contributed by atoms with Crippen LogP contribution < -0.4 is 5.56 Å². The molecule has 0 spiro atoms. The van der Waals surface area contributed by atoms with E-state index in [4.69, 9.17) is 0 Å². The molecule has 54 valence electrons. The molecule has 0 saturated carbocycles. The van der Waals surface area contributed by atoms with Crippen molar-refractivity contribution in [2.24, 2.45) is 0 Å². The first-order valence-electron chi connectivity index (χ1n) is 2.90. The van der Waals surface area contributed by atoms with Crippen LogP contribution in [0.3, 0.4) is 0 Å². The van der Waals surface area contributed by atoms with E-state index in [9.17, 15) is 4.79 Å². The van der Waals surface area contributed by atoms with Crippen LogP contribution in [-0.4, -0.2) is 25.4 Å². The predicted octanol–water partition coefficient (Wildman–Crippen LogP) is -0.892. The smallest absolute Gasteiger partial charge is 0.292 e. The van der Waals surface area contributed by atoms with Gasteiger partial charge in [0.2, 0.25) is 5.65 Å². The Labute approximate surface area is 60.3 Å². The molecule has 6 nitrogen and oxygen atoms in total. The van der Waals surface area contributed by atoms with Crippen molar-refractivity contribution in [2.75, 3.05) is 0 Å². The van der Waals surface area contributed by atoms with Crippen LogP contribution >= 0.6 is 0 Å². The number of hydrogen-bond donors (Lipinski definition) is 1. The van der Waals surface area contributed by atoms with Gasteiger partial charge in [0.25, 0.3) is 5.56 Å². The Bertz CT molecular complexity index is 436. The molecule has 6 heteroatoms. The van der Waals surface area contributed by atoms with Gasteiger partial charge in [0.05, 0.1) is 11.8 Å². The standard InChI is InChI=1S/C5H3N5O/c11-4-1-3-5(7-2-6-3)9-10-8-4/h1-2H,(H,6,7,8,9,11). The number of rotatable bonds is 0. The predicted molar refractivity (Wildman–Crippen MR) is 35.7 cm³/mol. The third-order valence-electron chi connectivity index (χ3n) is 1.20. The van der Waals surface area contributed by atoms with Crippen molar-refractivity contribution in [3.05, 3.63) is 22.7 Å². The highest BCUT2D eigenvalue weighted by Gasteiger charge is 1.94. The molecule has 0 atom stereocenters. The number of aromatic nitrogens is 5. The van der Waals surface area contributed by atoms with Gasteiger partial charge in [-0.25, -0.2) is 4.98 Å². The van der Waals surface area contributed by atoms with Gasteiger partial charge in [0, 0.05) is 6.07 Å². The van der Waals surface area contributed by atoms with E-state index in [2.05, 4.69) is 25.4 Å². The number of nitrogens with one attached hydrogen (secondary N) is 1. The molecule has 0 fully saturated rings. The average molecular weight is 149 g/mol. The number of fused-ring (bicyclic) bond motifs is 1. The molecule has 0 aromatic carbocycles. The van der Waals surface area contributed by atoms with E-state index in [1.54, 1.807) is 0 Å². The highest BCUT2D eigenvalue weighted by molar-refractivity contribution is 5.67. The van der Waals surface area contributed by atoms with Crippen molar-refractivity contribution in [1.82, 2.24) is 25.4 Å². The fourth-order valence-corrected chi connectivity index (χ4v) is 0.744. The molecule has 1 N–H and O–H groups in total. The van der Waals surface area contributed by atoms with Crippen molar-refractivity contribution in [3.63, 3.8) is 0 Å². The third kappa shape index (κ3) is 0.936. The average Bonchev–Trinajstić information content (AvgIpc) is 2.31. The van der Waals surface area contributed by atoms with Gasteiger partial charge in [-0.05, 0) is 5.21 Å². The fourth-order valence-electron chi connectivity index (χ4n) is 0.744. The minimum atomic E-state index is -0.434. The fraction of sp³-hybridized carbons (Fsp3) is 0. The Morgan fingerprint density at radius 2 is 2.27 bits per heavy atom. The lowest BCUT2D eigenvalue weighted by Crippen LogP contribution is -2.00. The summed E-state index contributed by atoms with van der Waals surface area (Å²) in [4.78, 5) is 17.2. The third-order valence-corrected chi connectivity index (χ3v) is 1.20. The summed E-state index contributed by atoms with van der Waals surface area (Å²) in [6.45, 7) is 0. The molecule has 0 saturated heterocycles. The van der Waals surface area contributed by atoms with Gasteiger partial charge in [-0.1, -0.05) is 5.10 Å². The zero-order valence-corrected chi connectivity index (χ0v) is 5.35. The summed E-state index contributed by atoms with van der Waals surface area (Å²) >= 11 is 0. The Morgan fingerprint density at radius 3 is 3.18 bits per heavy atom. The SMILES string of the molecule is O=c1cc2[nH]cnc2nnn1. The van der Waals surface area contributed by atoms with E-state index in [1.165, 1.54) is 12.4 Å². The van der Waals surface area contributed by atoms with E-state index < -0.39 is 5.56 Å². The van der Waals surface area contributed by atoms with Crippen LogP contribution in [0, 0.1) is 0 Å². The summed E-state index contributed by atoms with van der Waals surface area (Å²) in [5.74, 6) is 0. The zero-order valence-electron chi connectivity index (χ0n) is 5.35. The Balaban J connectivity index is 3.00. The lowest BCUT2D eigenvalue weighted by Gasteiger charge is -1.69. The Kier molecular flexibility index (Phi) is 1.12. The van der Waals surface area contributed by atoms with Crippen molar-refractivity contribution in [3.8, 4) is 0 Å². The molecule has 0 unspecified atom stereocenters. The van der Waals surface area contributed by atoms with Crippen molar-refractivity contribution >= 4 is 11.2 Å². The lowest BCUT2D eigenvalue weighted by molar-refractivity contribution is 0.881. The van der Waals surface area contributed by atoms with Gasteiger partial charge in [-0.3, -0.25) is 4.79 Å². The maximum absolute atomic E-state index is 10.7. The van der Waals surface area contributed by atoms with Crippen LogP contribution in [0.15, 0.2) is 17.2 Å². The molecule has 0 aliphatic heterocycles. The van der Waals surface area contributed by atoms with E-state index in [0.717, 1.165) is 0 Å². The second kappa shape index (κ2) is 2.08. The van der Waals surface area contributed by atoms with Gasteiger partial charge in [0.15, 0.2) is 0 Å². The quantitative estimate of drug-likeness (QED) is 0.525. The summed E-state index contributed by atoms with van der Waals surface area (Å²) in [7, 11) is 0. The first kappa shape index (κ1) is 5.90. The Morgan fingerprint density at radius 1 is 1.36 bits per heavy atom. The van der Waals surface area contributed by atoms with E-state index in [1.807, 2.05) is 0 Å². The minimum absolute atomic E-state index is 0.389. The van der Waals surface area contributed by atoms with Gasteiger partial charge in [0.1, 0.15) is 0 Å². The molecule has 11 heavy (non-hydrogen) atoms. The molecule has 2 aromatic rings. The topological polar surface area (TPSA) is 84.4 Å². The largest absolute Gasteiger partial charge is 0.343 e. The molecule has 2 aromatic heterocycles. The second-order valence-corrected chi connectivity index (χ2v) is 1.91. The molecular weight excluding hydrogens is 146 g/mol. The summed E-state index contributed by atoms with van der Waals surface area (Å²) in [5.41, 5.74) is 0.497. The summed E-state index contributed by atoms with van der Waals surface area (Å²) in [5, 5.41) is 10.0. The number of nitrogens with zero attached hydrogens (tertiary/aromatic N) is 4. The number of aromatic amines is 1. The van der Waals surface area contributed by atoms with Crippen molar-refractivity contribution in [1.29, 1.82) is 0 Å². The van der Waals surface area contributed by atoms with E-state index in [0.29, 0.717) is 11.2 Å². The van der Waals surface area contributed by atoms with Gasteiger partial charge in [-0.2, -0.15) is 0 Å². The van der Waals surface area contributed by atoms with Crippen molar-refractivity contribution < 1.29 is 0 Å². The summed E-state index contributed by atoms with van der Waals surface area (Å²) in [6.07, 6.45) is 1.44. The second-order valence-electron chi connectivity index (χ2n) is 1.91. The van der Waals surface area contributed by atoms with Crippen molar-refractivity contribution in [2.45, 2.75) is 0 Å². The van der Waals surface area contributed by atoms with Crippen LogP contribution in [0.1, 0.15) is 0 Å². The number of imidazole rings is 1. The first-order chi connectivity index (χ1) is 5.36. The number of hydrogen-bond acceptors (Lipinski definition) is 5. The molecule has 0 bridgehead atoms. The number of H-pyrrole nitrogens is 1. The molecule has 0 amide bonds. The maximum Gasteiger partial charge on any atom is 0.292 e. The minimum Gasteiger partial charge on any atom is -0.343 e. The molecular formula is C5H3N5O. The van der Waals surface area contributed by atoms with Gasteiger partial charge >= 0.3 is 0 Å². The molecule has 0 aliphatic carbocycles. The summed E-state index contributed by atoms with van der Waals surface area (Å²) < 4.78 is 0. The highest BCUT2D eigenvalue weighted by atomic mass is 16.1. The van der Waals surface area contributed by atoms with Crippen LogP contribution in [0.5, 0.6) is 0 Å². The molecule has 0 aliphatic rings. The maximum atomic E-state index is 10.7. The lowest BCUT2D eigenvalue weighted by atomic mass is 10.5. The molecule has 2 rings (SSSR count). The van der Waals surface area contributed by atoms with Crippen LogP contribution in [-0.2, 0) is 0 Å². The highest BCUT2D eigenvalue weighted by Crippen LogP contribution is 1.96. The van der Waals surface area contributed by atoms with E-state index >= 15 is 0 Å². The normalized spacial score (nSPS) is 10.2. The molecule has 0 radical (unpaired) electrons. The first-order valence-corrected chi connectivity index (χ1v) is 2.90. The summed E-state index contributed by atoms with van der Waals surface area (Å²) in [6, 6.07) is 1.29. The monoisotopic (exact) mass is 149 g/mol. The molecule has 2 heterocycles. The van der Waals surface area contributed by atoms with Gasteiger partial charge in [-0.15, -0.1) is 5.10 Å². The van der Waals surface area contributed by atoms with Crippen LogP contribution in [0.2, 0.25) is 0 Å². The van der Waals surface area contributed by atoms with Crippen LogP contribution in [0.25, 0.3) is 11.2 Å². The van der Waals surface area contributed by atoms with Gasteiger partial charge < -0.3 is 4.98 Å².